The van der Waals surface area contributed by atoms with E-state index in [1.807, 2.05) is 13.8 Å². The number of hydrogen-bond acceptors (Lipinski definition) is 4. The SMILES string of the molecule is CCN(C(=O)Cl)c1nnc(C)s1. The van der Waals surface area contributed by atoms with E-state index in [1.165, 1.54) is 16.2 Å². The van der Waals surface area contributed by atoms with Crippen LogP contribution in [0.25, 0.3) is 0 Å². The number of nitrogens with zero attached hydrogens (tertiary/aromatic N) is 3. The van der Waals surface area contributed by atoms with E-state index in [0.717, 1.165) is 5.01 Å². The lowest BCUT2D eigenvalue weighted by Crippen LogP contribution is -2.24. The van der Waals surface area contributed by atoms with Crippen LogP contribution in [0.5, 0.6) is 0 Å². The van der Waals surface area contributed by atoms with Gasteiger partial charge in [0.25, 0.3) is 0 Å². The van der Waals surface area contributed by atoms with Crippen LogP contribution >= 0.6 is 22.9 Å². The van der Waals surface area contributed by atoms with Gasteiger partial charge in [-0.3, -0.25) is 9.69 Å². The third-order valence-corrected chi connectivity index (χ3v) is 2.34. The summed E-state index contributed by atoms with van der Waals surface area (Å²) in [5, 5.41) is 8.43. The zero-order valence-corrected chi connectivity index (χ0v) is 8.32. The second-order valence-electron chi connectivity index (χ2n) is 2.10. The highest BCUT2D eigenvalue weighted by Gasteiger charge is 2.14. The minimum Gasteiger partial charge on any atom is -0.273 e. The molecule has 0 saturated heterocycles. The molecule has 0 N–H and O–H groups in total. The molecule has 4 nitrogen and oxygen atoms in total. The molecule has 1 amide bonds. The molecule has 0 aliphatic heterocycles. The van der Waals surface area contributed by atoms with E-state index in [2.05, 4.69) is 10.2 Å². The molecule has 0 saturated carbocycles. The van der Waals surface area contributed by atoms with E-state index < -0.39 is 5.37 Å². The van der Waals surface area contributed by atoms with Gasteiger partial charge in [-0.15, -0.1) is 10.2 Å². The lowest BCUT2D eigenvalue weighted by Gasteiger charge is -2.11. The first kappa shape index (κ1) is 9.41. The van der Waals surface area contributed by atoms with Crippen LogP contribution in [-0.2, 0) is 0 Å². The van der Waals surface area contributed by atoms with Crippen molar-refractivity contribution in [2.24, 2.45) is 0 Å². The molecule has 0 unspecified atom stereocenters. The van der Waals surface area contributed by atoms with Gasteiger partial charge in [-0.25, -0.2) is 0 Å². The number of carbonyl (C=O) groups is 1. The Bertz CT molecular complexity index is 288. The first-order valence-corrected chi connectivity index (χ1v) is 4.61. The predicted octanol–water partition coefficient (Wildman–Crippen LogP) is 2.03. The molecule has 6 heteroatoms. The summed E-state index contributed by atoms with van der Waals surface area (Å²) < 4.78 is 0. The van der Waals surface area contributed by atoms with Crippen molar-refractivity contribution in [2.45, 2.75) is 13.8 Å². The fourth-order valence-corrected chi connectivity index (χ4v) is 1.73. The van der Waals surface area contributed by atoms with Gasteiger partial charge in [-0.1, -0.05) is 11.3 Å². The van der Waals surface area contributed by atoms with Gasteiger partial charge in [0.2, 0.25) is 5.13 Å². The molecule has 0 aromatic carbocycles. The van der Waals surface area contributed by atoms with Gasteiger partial charge in [-0.2, -0.15) is 0 Å². The van der Waals surface area contributed by atoms with Crippen LogP contribution in [0.1, 0.15) is 11.9 Å². The summed E-state index contributed by atoms with van der Waals surface area (Å²) in [6.45, 7) is 4.17. The largest absolute Gasteiger partial charge is 0.322 e. The Morgan fingerprint density at radius 2 is 2.33 bits per heavy atom. The standard InChI is InChI=1S/C6H8ClN3OS/c1-3-10(5(7)11)6-9-8-4(2)12-6/h3H2,1-2H3. The number of hydrogen-bond donors (Lipinski definition) is 0. The summed E-state index contributed by atoms with van der Waals surface area (Å²) in [7, 11) is 0. The molecule has 1 aromatic rings. The minimum absolute atomic E-state index is 0.511. The maximum atomic E-state index is 10.8. The number of carbonyl (C=O) groups excluding carboxylic acids is 1. The summed E-state index contributed by atoms with van der Waals surface area (Å²) in [5.41, 5.74) is 0. The molecular weight excluding hydrogens is 198 g/mol. The van der Waals surface area contributed by atoms with Gasteiger partial charge < -0.3 is 0 Å². The highest BCUT2D eigenvalue weighted by atomic mass is 35.5. The normalized spacial score (nSPS) is 9.92. The Hall–Kier alpha value is -0.680. The average molecular weight is 206 g/mol. The van der Waals surface area contributed by atoms with Crippen LogP contribution in [-0.4, -0.2) is 22.1 Å². The highest BCUT2D eigenvalue weighted by Crippen LogP contribution is 2.20. The van der Waals surface area contributed by atoms with Crippen molar-refractivity contribution < 1.29 is 4.79 Å². The molecule has 0 spiro atoms. The number of aromatic nitrogens is 2. The summed E-state index contributed by atoms with van der Waals surface area (Å²) in [6.07, 6.45) is 0. The van der Waals surface area contributed by atoms with E-state index in [9.17, 15) is 4.79 Å². The van der Waals surface area contributed by atoms with Gasteiger partial charge in [0.1, 0.15) is 5.01 Å². The molecule has 0 fully saturated rings. The third kappa shape index (κ3) is 1.92. The van der Waals surface area contributed by atoms with Crippen LogP contribution in [0, 0.1) is 6.92 Å². The highest BCUT2D eigenvalue weighted by molar-refractivity contribution is 7.15. The number of anilines is 1. The first-order chi connectivity index (χ1) is 5.65. The van der Waals surface area contributed by atoms with Crippen molar-refractivity contribution in [1.82, 2.24) is 10.2 Å². The van der Waals surface area contributed by atoms with E-state index in [-0.39, 0.29) is 0 Å². The fraction of sp³-hybridized carbons (Fsp3) is 0.500. The monoisotopic (exact) mass is 205 g/mol. The van der Waals surface area contributed by atoms with Gasteiger partial charge >= 0.3 is 5.37 Å². The van der Waals surface area contributed by atoms with E-state index >= 15 is 0 Å². The van der Waals surface area contributed by atoms with Crippen molar-refractivity contribution in [2.75, 3.05) is 11.4 Å². The molecule has 66 valence electrons. The zero-order chi connectivity index (χ0) is 9.14. The summed E-state index contributed by atoms with van der Waals surface area (Å²) in [4.78, 5) is 12.2. The molecule has 1 heterocycles. The number of amides is 1. The van der Waals surface area contributed by atoms with Gasteiger partial charge in [0, 0.05) is 6.54 Å². The molecule has 0 radical (unpaired) electrons. The Morgan fingerprint density at radius 1 is 1.67 bits per heavy atom. The van der Waals surface area contributed by atoms with Gasteiger partial charge in [-0.05, 0) is 25.4 Å². The van der Waals surface area contributed by atoms with Crippen LogP contribution in [0.2, 0.25) is 0 Å². The number of aryl methyl sites for hydroxylation is 1. The molecule has 1 rings (SSSR count). The van der Waals surface area contributed by atoms with Crippen LogP contribution in [0.15, 0.2) is 0 Å². The second-order valence-corrected chi connectivity index (χ2v) is 3.58. The third-order valence-electron chi connectivity index (χ3n) is 1.27. The Kier molecular flexibility index (Phi) is 2.99. The number of rotatable bonds is 2. The topological polar surface area (TPSA) is 46.1 Å². The van der Waals surface area contributed by atoms with Crippen molar-refractivity contribution >= 4 is 33.4 Å². The summed E-state index contributed by atoms with van der Waals surface area (Å²) in [6, 6.07) is 0. The molecular formula is C6H8ClN3OS. The van der Waals surface area contributed by atoms with E-state index in [0.29, 0.717) is 11.7 Å². The molecule has 0 aliphatic carbocycles. The molecule has 0 aliphatic rings. The Balaban J connectivity index is 2.87. The van der Waals surface area contributed by atoms with Crippen molar-refractivity contribution in [1.29, 1.82) is 0 Å². The quantitative estimate of drug-likeness (QED) is 0.548. The zero-order valence-electron chi connectivity index (χ0n) is 6.74. The molecule has 12 heavy (non-hydrogen) atoms. The lowest BCUT2D eigenvalue weighted by molar-refractivity contribution is 0.264. The Morgan fingerprint density at radius 3 is 2.67 bits per heavy atom. The maximum Gasteiger partial charge on any atom is 0.322 e. The maximum absolute atomic E-state index is 10.8. The lowest BCUT2D eigenvalue weighted by atomic mass is 10.7. The molecule has 1 aromatic heterocycles. The molecule has 0 bridgehead atoms. The van der Waals surface area contributed by atoms with Crippen molar-refractivity contribution in [3.63, 3.8) is 0 Å². The van der Waals surface area contributed by atoms with Crippen LogP contribution < -0.4 is 4.90 Å². The predicted molar refractivity (Wildman–Crippen MR) is 48.9 cm³/mol. The minimum atomic E-state index is -0.520. The Labute approximate surface area is 79.2 Å². The van der Waals surface area contributed by atoms with Gasteiger partial charge in [0.15, 0.2) is 0 Å². The van der Waals surface area contributed by atoms with Crippen LogP contribution in [0.4, 0.5) is 9.93 Å². The summed E-state index contributed by atoms with van der Waals surface area (Å²) >= 11 is 6.66. The van der Waals surface area contributed by atoms with E-state index in [4.69, 9.17) is 11.6 Å². The first-order valence-electron chi connectivity index (χ1n) is 3.42. The number of halogens is 1. The van der Waals surface area contributed by atoms with Gasteiger partial charge in [0.05, 0.1) is 0 Å². The molecule has 0 atom stereocenters. The second kappa shape index (κ2) is 3.82. The van der Waals surface area contributed by atoms with E-state index in [1.54, 1.807) is 0 Å². The fourth-order valence-electron chi connectivity index (χ4n) is 0.730. The summed E-state index contributed by atoms with van der Waals surface area (Å²) in [5.74, 6) is 0. The van der Waals surface area contributed by atoms with Crippen molar-refractivity contribution in [3.05, 3.63) is 5.01 Å². The smallest absolute Gasteiger partial charge is 0.273 e. The van der Waals surface area contributed by atoms with Crippen LogP contribution in [0.3, 0.4) is 0 Å². The van der Waals surface area contributed by atoms with Crippen molar-refractivity contribution in [3.8, 4) is 0 Å². The average Bonchev–Trinajstić information content (AvgIpc) is 2.37.